The van der Waals surface area contributed by atoms with Gasteiger partial charge in [0.15, 0.2) is 0 Å². The van der Waals surface area contributed by atoms with Crippen molar-refractivity contribution in [1.29, 1.82) is 5.26 Å². The van der Waals surface area contributed by atoms with Crippen molar-refractivity contribution in [2.45, 2.75) is 13.1 Å². The van der Waals surface area contributed by atoms with Gasteiger partial charge in [0.1, 0.15) is 5.82 Å². The lowest BCUT2D eigenvalue weighted by Crippen LogP contribution is -2.13. The van der Waals surface area contributed by atoms with Crippen molar-refractivity contribution >= 4 is 0 Å². The highest BCUT2D eigenvalue weighted by Crippen LogP contribution is 2.08. The summed E-state index contributed by atoms with van der Waals surface area (Å²) in [6, 6.07) is 16.1. The fourth-order valence-electron chi connectivity index (χ4n) is 1.77. The molecule has 1 N–H and O–H groups in total. The molecule has 0 heterocycles. The summed E-state index contributed by atoms with van der Waals surface area (Å²) in [6.07, 6.45) is 0. The molecule has 0 saturated heterocycles. The summed E-state index contributed by atoms with van der Waals surface area (Å²) in [5, 5.41) is 12.1. The molecule has 2 nitrogen and oxygen atoms in total. The Labute approximate surface area is 106 Å². The molecule has 90 valence electrons. The van der Waals surface area contributed by atoms with Gasteiger partial charge in [-0.15, -0.1) is 0 Å². The number of nitrogens with zero attached hydrogens (tertiary/aromatic N) is 1. The smallest absolute Gasteiger partial charge is 0.123 e. The quantitative estimate of drug-likeness (QED) is 0.891. The lowest BCUT2D eigenvalue weighted by atomic mass is 10.1. The molecule has 0 saturated carbocycles. The van der Waals surface area contributed by atoms with Gasteiger partial charge in [0, 0.05) is 13.1 Å². The summed E-state index contributed by atoms with van der Waals surface area (Å²) in [5.41, 5.74) is 2.52. The van der Waals surface area contributed by atoms with Crippen LogP contribution in [0.1, 0.15) is 16.7 Å². The maximum atomic E-state index is 13.0. The molecule has 0 amide bonds. The average Bonchev–Trinajstić information content (AvgIpc) is 2.39. The summed E-state index contributed by atoms with van der Waals surface area (Å²) >= 11 is 0. The van der Waals surface area contributed by atoms with Crippen LogP contribution in [0.15, 0.2) is 48.5 Å². The van der Waals surface area contributed by atoms with Crippen LogP contribution in [0.3, 0.4) is 0 Å². The first-order chi connectivity index (χ1) is 8.79. The van der Waals surface area contributed by atoms with E-state index in [1.165, 1.54) is 12.1 Å². The molecule has 18 heavy (non-hydrogen) atoms. The molecule has 0 fully saturated rings. The monoisotopic (exact) mass is 240 g/mol. The number of halogens is 1. The molecule has 2 aromatic carbocycles. The molecule has 3 heteroatoms. The van der Waals surface area contributed by atoms with Gasteiger partial charge in [-0.25, -0.2) is 4.39 Å². The standard InChI is InChI=1S/C15H13FN2/c16-15-7-3-4-12(8-15)10-18-11-14-6-2-1-5-13(14)9-17/h1-8,18H,10-11H2. The van der Waals surface area contributed by atoms with Gasteiger partial charge < -0.3 is 5.32 Å². The molecule has 0 aliphatic heterocycles. The maximum Gasteiger partial charge on any atom is 0.123 e. The minimum atomic E-state index is -0.230. The van der Waals surface area contributed by atoms with E-state index in [1.807, 2.05) is 24.3 Å². The molecule has 2 rings (SSSR count). The molecular weight excluding hydrogens is 227 g/mol. The topological polar surface area (TPSA) is 35.8 Å². The average molecular weight is 240 g/mol. The Morgan fingerprint density at radius 1 is 1.06 bits per heavy atom. The highest BCUT2D eigenvalue weighted by Gasteiger charge is 2.00. The number of nitrogens with one attached hydrogen (secondary N) is 1. The van der Waals surface area contributed by atoms with Crippen LogP contribution in [0, 0.1) is 17.1 Å². The Balaban J connectivity index is 1.95. The fourth-order valence-corrected chi connectivity index (χ4v) is 1.77. The Morgan fingerprint density at radius 2 is 1.89 bits per heavy atom. The van der Waals surface area contributed by atoms with Gasteiger partial charge in [-0.1, -0.05) is 30.3 Å². The summed E-state index contributed by atoms with van der Waals surface area (Å²) < 4.78 is 13.0. The van der Waals surface area contributed by atoms with Gasteiger partial charge in [-0.2, -0.15) is 5.26 Å². The Morgan fingerprint density at radius 3 is 2.67 bits per heavy atom. The minimum absolute atomic E-state index is 0.230. The molecule has 0 unspecified atom stereocenters. The molecule has 0 aliphatic rings. The van der Waals surface area contributed by atoms with E-state index in [2.05, 4.69) is 11.4 Å². The van der Waals surface area contributed by atoms with Crippen LogP contribution in [-0.4, -0.2) is 0 Å². The normalized spacial score (nSPS) is 10.0. The molecule has 0 aliphatic carbocycles. The van der Waals surface area contributed by atoms with Crippen LogP contribution in [0.5, 0.6) is 0 Å². The SMILES string of the molecule is N#Cc1ccccc1CNCc1cccc(F)c1. The van der Waals surface area contributed by atoms with Crippen molar-refractivity contribution < 1.29 is 4.39 Å². The van der Waals surface area contributed by atoms with Crippen molar-refractivity contribution in [3.8, 4) is 6.07 Å². The van der Waals surface area contributed by atoms with Gasteiger partial charge in [0.05, 0.1) is 11.6 Å². The summed E-state index contributed by atoms with van der Waals surface area (Å²) in [5.74, 6) is -0.230. The van der Waals surface area contributed by atoms with Gasteiger partial charge >= 0.3 is 0 Å². The van der Waals surface area contributed by atoms with Crippen LogP contribution in [-0.2, 0) is 13.1 Å². The summed E-state index contributed by atoms with van der Waals surface area (Å²) in [7, 11) is 0. The molecule has 0 radical (unpaired) electrons. The third-order valence-electron chi connectivity index (χ3n) is 2.67. The zero-order chi connectivity index (χ0) is 12.8. The molecule has 0 aromatic heterocycles. The molecule has 0 atom stereocenters. The van der Waals surface area contributed by atoms with E-state index in [9.17, 15) is 4.39 Å². The Hall–Kier alpha value is -2.18. The van der Waals surface area contributed by atoms with E-state index in [1.54, 1.807) is 12.1 Å². The van der Waals surface area contributed by atoms with Crippen LogP contribution in [0.2, 0.25) is 0 Å². The van der Waals surface area contributed by atoms with Gasteiger partial charge in [0.25, 0.3) is 0 Å². The van der Waals surface area contributed by atoms with Crippen molar-refractivity contribution in [2.24, 2.45) is 0 Å². The van der Waals surface area contributed by atoms with Crippen molar-refractivity contribution in [2.75, 3.05) is 0 Å². The predicted octanol–water partition coefficient (Wildman–Crippen LogP) is 2.99. The lowest BCUT2D eigenvalue weighted by molar-refractivity contribution is 0.620. The second kappa shape index (κ2) is 5.95. The van der Waals surface area contributed by atoms with E-state index >= 15 is 0 Å². The third-order valence-corrected chi connectivity index (χ3v) is 2.67. The number of rotatable bonds is 4. The van der Waals surface area contributed by atoms with E-state index in [0.29, 0.717) is 18.7 Å². The first-order valence-corrected chi connectivity index (χ1v) is 5.73. The second-order valence-electron chi connectivity index (χ2n) is 4.00. The van der Waals surface area contributed by atoms with Crippen molar-refractivity contribution in [1.82, 2.24) is 5.32 Å². The van der Waals surface area contributed by atoms with E-state index in [4.69, 9.17) is 5.26 Å². The largest absolute Gasteiger partial charge is 0.309 e. The number of nitriles is 1. The maximum absolute atomic E-state index is 13.0. The molecular formula is C15H13FN2. The van der Waals surface area contributed by atoms with Crippen LogP contribution in [0.4, 0.5) is 4.39 Å². The van der Waals surface area contributed by atoms with E-state index in [0.717, 1.165) is 11.1 Å². The Kier molecular flexibility index (Phi) is 4.06. The zero-order valence-corrected chi connectivity index (χ0v) is 9.86. The minimum Gasteiger partial charge on any atom is -0.309 e. The van der Waals surface area contributed by atoms with Gasteiger partial charge in [-0.3, -0.25) is 0 Å². The lowest BCUT2D eigenvalue weighted by Gasteiger charge is -2.06. The first kappa shape index (κ1) is 12.3. The highest BCUT2D eigenvalue weighted by atomic mass is 19.1. The van der Waals surface area contributed by atoms with Crippen LogP contribution in [0.25, 0.3) is 0 Å². The summed E-state index contributed by atoms with van der Waals surface area (Å²) in [4.78, 5) is 0. The van der Waals surface area contributed by atoms with Crippen molar-refractivity contribution in [3.63, 3.8) is 0 Å². The predicted molar refractivity (Wildman–Crippen MR) is 68.1 cm³/mol. The number of hydrogen-bond donors (Lipinski definition) is 1. The van der Waals surface area contributed by atoms with E-state index < -0.39 is 0 Å². The number of benzene rings is 2. The van der Waals surface area contributed by atoms with E-state index in [-0.39, 0.29) is 5.82 Å². The third kappa shape index (κ3) is 3.16. The van der Waals surface area contributed by atoms with Crippen LogP contribution < -0.4 is 5.32 Å². The van der Waals surface area contributed by atoms with Gasteiger partial charge in [-0.05, 0) is 29.3 Å². The van der Waals surface area contributed by atoms with Crippen LogP contribution >= 0.6 is 0 Å². The molecule has 0 spiro atoms. The number of hydrogen-bond acceptors (Lipinski definition) is 2. The summed E-state index contributed by atoms with van der Waals surface area (Å²) in [6.45, 7) is 1.18. The Bertz CT molecular complexity index is 573. The molecule has 2 aromatic rings. The van der Waals surface area contributed by atoms with Crippen molar-refractivity contribution in [3.05, 3.63) is 71.0 Å². The fraction of sp³-hybridized carbons (Fsp3) is 0.133. The van der Waals surface area contributed by atoms with Gasteiger partial charge in [0.2, 0.25) is 0 Å². The molecule has 0 bridgehead atoms. The highest BCUT2D eigenvalue weighted by molar-refractivity contribution is 5.37. The first-order valence-electron chi connectivity index (χ1n) is 5.73. The zero-order valence-electron chi connectivity index (χ0n) is 9.86. The second-order valence-corrected chi connectivity index (χ2v) is 4.00.